The van der Waals surface area contributed by atoms with Crippen LogP contribution in [0.3, 0.4) is 0 Å². The van der Waals surface area contributed by atoms with E-state index < -0.39 is 26.0 Å². The van der Waals surface area contributed by atoms with E-state index in [0.29, 0.717) is 18.8 Å². The molecule has 1 saturated heterocycles. The quantitative estimate of drug-likeness (QED) is 0.632. The number of carbonyl (C=O) groups excluding carboxylic acids is 1. The van der Waals surface area contributed by atoms with Crippen molar-refractivity contribution in [2.75, 3.05) is 39.6 Å². The van der Waals surface area contributed by atoms with Gasteiger partial charge in [0.25, 0.3) is 5.91 Å². The molecular weight excluding hydrogens is 466 g/mol. The number of hydrogen-bond donors (Lipinski definition) is 1. The van der Waals surface area contributed by atoms with Crippen LogP contribution in [0.25, 0.3) is 0 Å². The predicted octanol–water partition coefficient (Wildman–Crippen LogP) is 2.76. The number of carbonyl (C=O) groups is 1. The first kappa shape index (κ1) is 25.2. The molecule has 1 amide bonds. The van der Waals surface area contributed by atoms with Crippen LogP contribution in [0.4, 0.5) is 5.69 Å². The summed E-state index contributed by atoms with van der Waals surface area (Å²) in [6.07, 6.45) is 3.61. The summed E-state index contributed by atoms with van der Waals surface area (Å²) >= 11 is 0. The summed E-state index contributed by atoms with van der Waals surface area (Å²) in [5, 5.41) is 2.67. The van der Waals surface area contributed by atoms with Crippen molar-refractivity contribution in [1.82, 2.24) is 8.61 Å². The van der Waals surface area contributed by atoms with E-state index in [4.69, 9.17) is 4.74 Å². The second-order valence-electron chi connectivity index (χ2n) is 7.95. The molecule has 180 valence electrons. The Bertz CT molecular complexity index is 1200. The number of rotatable bonds is 7. The zero-order valence-electron chi connectivity index (χ0n) is 18.9. The van der Waals surface area contributed by atoms with Crippen molar-refractivity contribution in [2.45, 2.75) is 35.5 Å². The molecule has 11 heteroatoms. The smallest absolute Gasteiger partial charge is 0.259 e. The summed E-state index contributed by atoms with van der Waals surface area (Å²) < 4.78 is 58.6. The molecule has 0 spiro atoms. The molecule has 9 nitrogen and oxygen atoms in total. The Morgan fingerprint density at radius 1 is 0.909 bits per heavy atom. The van der Waals surface area contributed by atoms with Gasteiger partial charge in [-0.05, 0) is 55.3 Å². The Labute approximate surface area is 195 Å². The van der Waals surface area contributed by atoms with Crippen LogP contribution in [0.5, 0.6) is 5.75 Å². The highest BCUT2D eigenvalue weighted by molar-refractivity contribution is 7.89. The molecule has 0 atom stereocenters. The molecule has 0 unspecified atom stereocenters. The van der Waals surface area contributed by atoms with Crippen LogP contribution in [0.1, 0.15) is 36.0 Å². The van der Waals surface area contributed by atoms with Crippen LogP contribution in [-0.2, 0) is 20.0 Å². The van der Waals surface area contributed by atoms with Gasteiger partial charge in [0, 0.05) is 32.9 Å². The topological polar surface area (TPSA) is 113 Å². The van der Waals surface area contributed by atoms with E-state index in [-0.39, 0.29) is 21.1 Å². The highest BCUT2D eigenvalue weighted by atomic mass is 32.2. The Kier molecular flexibility index (Phi) is 7.78. The Hall–Kier alpha value is -2.47. The number of nitrogens with one attached hydrogen (secondary N) is 1. The molecule has 1 aliphatic rings. The normalized spacial score (nSPS) is 15.8. The van der Waals surface area contributed by atoms with Crippen LogP contribution in [0.15, 0.2) is 52.3 Å². The second-order valence-corrected chi connectivity index (χ2v) is 12.0. The molecule has 0 aromatic heterocycles. The molecule has 1 aliphatic heterocycles. The van der Waals surface area contributed by atoms with Crippen LogP contribution in [0.2, 0.25) is 0 Å². The number of anilines is 1. The summed E-state index contributed by atoms with van der Waals surface area (Å²) in [5.74, 6) is -0.336. The molecular formula is C22H29N3O6S2. The van der Waals surface area contributed by atoms with Crippen LogP contribution in [0, 0.1) is 0 Å². The van der Waals surface area contributed by atoms with Crippen molar-refractivity contribution >= 4 is 31.6 Å². The molecule has 2 aromatic carbocycles. The van der Waals surface area contributed by atoms with Gasteiger partial charge in [-0.15, -0.1) is 0 Å². The van der Waals surface area contributed by atoms with Gasteiger partial charge in [-0.3, -0.25) is 4.79 Å². The maximum atomic E-state index is 13.2. The SMILES string of the molecule is COc1ccc(S(=O)(=O)N2CCCCCC2)cc1C(=O)Nc1ccc(S(=O)(=O)N(C)C)cc1. The number of nitrogens with zero attached hydrogens (tertiary/aromatic N) is 2. The summed E-state index contributed by atoms with van der Waals surface area (Å²) in [6.45, 7) is 0.913. The highest BCUT2D eigenvalue weighted by Crippen LogP contribution is 2.27. The van der Waals surface area contributed by atoms with Crippen LogP contribution >= 0.6 is 0 Å². The third kappa shape index (κ3) is 5.55. The van der Waals surface area contributed by atoms with E-state index in [1.807, 2.05) is 0 Å². The predicted molar refractivity (Wildman–Crippen MR) is 125 cm³/mol. The average molecular weight is 496 g/mol. The first-order valence-electron chi connectivity index (χ1n) is 10.6. The summed E-state index contributed by atoms with van der Waals surface area (Å²) in [6, 6.07) is 9.95. The Morgan fingerprint density at radius 2 is 1.48 bits per heavy atom. The minimum Gasteiger partial charge on any atom is -0.496 e. The maximum Gasteiger partial charge on any atom is 0.259 e. The summed E-state index contributed by atoms with van der Waals surface area (Å²) in [4.78, 5) is 13.1. The van der Waals surface area contributed by atoms with Crippen molar-refractivity contribution in [2.24, 2.45) is 0 Å². The van der Waals surface area contributed by atoms with Crippen LogP contribution < -0.4 is 10.1 Å². The second kappa shape index (κ2) is 10.2. The highest BCUT2D eigenvalue weighted by Gasteiger charge is 2.27. The molecule has 0 bridgehead atoms. The number of hydrogen-bond acceptors (Lipinski definition) is 6. The van der Waals surface area contributed by atoms with Crippen molar-refractivity contribution in [3.63, 3.8) is 0 Å². The largest absolute Gasteiger partial charge is 0.496 e. The van der Waals surface area contributed by atoms with E-state index in [9.17, 15) is 21.6 Å². The zero-order valence-corrected chi connectivity index (χ0v) is 20.6. The lowest BCUT2D eigenvalue weighted by Gasteiger charge is -2.20. The van der Waals surface area contributed by atoms with Gasteiger partial charge in [0.1, 0.15) is 5.75 Å². The van der Waals surface area contributed by atoms with E-state index in [1.54, 1.807) is 0 Å². The fourth-order valence-electron chi connectivity index (χ4n) is 3.58. The number of sulfonamides is 2. The monoisotopic (exact) mass is 495 g/mol. The van der Waals surface area contributed by atoms with Gasteiger partial charge >= 0.3 is 0 Å². The molecule has 0 radical (unpaired) electrons. The van der Waals surface area contributed by atoms with E-state index >= 15 is 0 Å². The molecule has 2 aromatic rings. The average Bonchev–Trinajstić information content (AvgIpc) is 3.09. The molecule has 0 saturated carbocycles. The van der Waals surface area contributed by atoms with Gasteiger partial charge in [0.05, 0.1) is 22.5 Å². The van der Waals surface area contributed by atoms with Gasteiger partial charge in [-0.2, -0.15) is 4.31 Å². The molecule has 33 heavy (non-hydrogen) atoms. The first-order valence-corrected chi connectivity index (χ1v) is 13.5. The maximum absolute atomic E-state index is 13.2. The molecule has 3 rings (SSSR count). The van der Waals surface area contributed by atoms with Crippen molar-refractivity contribution in [1.29, 1.82) is 0 Å². The number of amides is 1. The number of methoxy groups -OCH3 is 1. The lowest BCUT2D eigenvalue weighted by atomic mass is 10.2. The molecule has 1 N–H and O–H groups in total. The summed E-state index contributed by atoms with van der Waals surface area (Å²) in [7, 11) is -3.07. The minimum atomic E-state index is -3.74. The minimum absolute atomic E-state index is 0.0303. The number of ether oxygens (including phenoxy) is 1. The fourth-order valence-corrected chi connectivity index (χ4v) is 6.02. The third-order valence-electron chi connectivity index (χ3n) is 5.51. The Morgan fingerprint density at radius 3 is 2.03 bits per heavy atom. The van der Waals surface area contributed by atoms with Gasteiger partial charge in [0.2, 0.25) is 20.0 Å². The molecule has 1 fully saturated rings. The zero-order chi connectivity index (χ0) is 24.2. The van der Waals surface area contributed by atoms with Crippen molar-refractivity contribution in [3.8, 4) is 5.75 Å². The first-order chi connectivity index (χ1) is 15.6. The molecule has 1 heterocycles. The fraction of sp³-hybridized carbons (Fsp3) is 0.409. The lowest BCUT2D eigenvalue weighted by Crippen LogP contribution is -2.32. The van der Waals surface area contributed by atoms with Crippen molar-refractivity contribution < 1.29 is 26.4 Å². The van der Waals surface area contributed by atoms with Gasteiger partial charge in [-0.25, -0.2) is 21.1 Å². The van der Waals surface area contributed by atoms with E-state index in [2.05, 4.69) is 5.32 Å². The van der Waals surface area contributed by atoms with Gasteiger partial charge < -0.3 is 10.1 Å². The van der Waals surface area contributed by atoms with Crippen molar-refractivity contribution in [3.05, 3.63) is 48.0 Å². The van der Waals surface area contributed by atoms with E-state index in [0.717, 1.165) is 30.0 Å². The lowest BCUT2D eigenvalue weighted by molar-refractivity contribution is 0.102. The van der Waals surface area contributed by atoms with Gasteiger partial charge in [0.15, 0.2) is 0 Å². The standard InChI is InChI=1S/C22H29N3O6S2/c1-24(2)32(27,28)18-10-8-17(9-11-18)23-22(26)20-16-19(12-13-21(20)31-3)33(29,30)25-14-6-4-5-7-15-25/h8-13,16H,4-7,14-15H2,1-3H3,(H,23,26). The summed E-state index contributed by atoms with van der Waals surface area (Å²) in [5.41, 5.74) is 0.430. The Balaban J connectivity index is 1.87. The van der Waals surface area contributed by atoms with Crippen LogP contribution in [-0.4, -0.2) is 65.6 Å². The van der Waals surface area contributed by atoms with E-state index in [1.165, 1.54) is 68.0 Å². The number of benzene rings is 2. The third-order valence-corrected chi connectivity index (χ3v) is 9.23. The van der Waals surface area contributed by atoms with Gasteiger partial charge in [-0.1, -0.05) is 12.8 Å². The molecule has 0 aliphatic carbocycles.